The lowest BCUT2D eigenvalue weighted by Gasteiger charge is -2.20. The molecule has 0 bridgehead atoms. The van der Waals surface area contributed by atoms with Gasteiger partial charge in [0.05, 0.1) is 17.1 Å². The molecule has 0 aliphatic rings. The largest absolute Gasteiger partial charge is 0.455 e. The van der Waals surface area contributed by atoms with E-state index in [4.69, 9.17) is 10.2 Å². The number of pyridine rings is 1. The number of carbonyl (C=O) groups excluding carboxylic acids is 1. The van der Waals surface area contributed by atoms with Crippen LogP contribution in [0.15, 0.2) is 62.5 Å². The summed E-state index contributed by atoms with van der Waals surface area (Å²) in [6.45, 7) is 7.26. The average molecular weight is 444 g/mol. The first-order valence-corrected chi connectivity index (χ1v) is 10.6. The Balaban J connectivity index is 1.91. The predicted octanol–water partition coefficient (Wildman–Crippen LogP) is 4.35. The Morgan fingerprint density at radius 2 is 1.76 bits per heavy atom. The van der Waals surface area contributed by atoms with Gasteiger partial charge in [-0.2, -0.15) is 0 Å². The molecule has 2 aromatic heterocycles. The van der Waals surface area contributed by atoms with E-state index in [1.165, 1.54) is 0 Å². The second kappa shape index (κ2) is 8.43. The Labute approximate surface area is 190 Å². The fourth-order valence-electron chi connectivity index (χ4n) is 4.11. The minimum absolute atomic E-state index is 0.0999. The zero-order chi connectivity index (χ0) is 23.9. The van der Waals surface area contributed by atoms with Crippen LogP contribution in [0.25, 0.3) is 22.3 Å². The van der Waals surface area contributed by atoms with Crippen molar-refractivity contribution in [2.45, 2.75) is 33.7 Å². The molecule has 4 rings (SSSR count). The SMILES string of the molecule is Cc1cc(C(C)Nc2cc(C)[nH]c(=O)c2C(N)=O)c2oc(-c3ccccc3)c(C)c(=O)c2c1. The number of benzene rings is 2. The molecule has 33 heavy (non-hydrogen) atoms. The summed E-state index contributed by atoms with van der Waals surface area (Å²) in [5.41, 5.74) is 8.98. The third-order valence-corrected chi connectivity index (χ3v) is 5.68. The molecule has 1 atom stereocenters. The number of nitrogens with two attached hydrogens (primary N) is 1. The zero-order valence-electron chi connectivity index (χ0n) is 18.9. The van der Waals surface area contributed by atoms with E-state index in [0.29, 0.717) is 33.7 Å². The van der Waals surface area contributed by atoms with Crippen molar-refractivity contribution in [2.75, 3.05) is 5.32 Å². The standard InChI is InChI=1S/C26H25N3O4/c1-13-10-18(16(4)29-20-12-14(2)28-26(32)21(20)25(27)31)24-19(11-13)22(30)15(3)23(33-24)17-8-6-5-7-9-17/h5-12,16H,1-4H3,(H2,27,31)(H2,28,29,32). The number of hydrogen-bond donors (Lipinski definition) is 3. The number of fused-ring (bicyclic) bond motifs is 1. The highest BCUT2D eigenvalue weighted by molar-refractivity contribution is 5.98. The number of primary amides is 1. The third kappa shape index (κ3) is 4.05. The summed E-state index contributed by atoms with van der Waals surface area (Å²) in [4.78, 5) is 40.1. The van der Waals surface area contributed by atoms with Crippen LogP contribution in [-0.4, -0.2) is 10.9 Å². The normalized spacial score (nSPS) is 12.0. The van der Waals surface area contributed by atoms with Gasteiger partial charge in [-0.1, -0.05) is 36.4 Å². The van der Waals surface area contributed by atoms with Crippen LogP contribution in [0.1, 0.15) is 45.7 Å². The molecule has 1 unspecified atom stereocenters. The molecule has 1 amide bonds. The van der Waals surface area contributed by atoms with E-state index in [0.717, 1.165) is 16.7 Å². The summed E-state index contributed by atoms with van der Waals surface area (Å²) in [5, 5.41) is 3.70. The highest BCUT2D eigenvalue weighted by Gasteiger charge is 2.21. The van der Waals surface area contributed by atoms with E-state index in [-0.39, 0.29) is 11.0 Å². The Hall–Kier alpha value is -4.13. The van der Waals surface area contributed by atoms with E-state index >= 15 is 0 Å². The lowest BCUT2D eigenvalue weighted by atomic mass is 9.98. The molecule has 7 heteroatoms. The van der Waals surface area contributed by atoms with Gasteiger partial charge in [-0.15, -0.1) is 0 Å². The summed E-state index contributed by atoms with van der Waals surface area (Å²) in [6, 6.07) is 14.5. The quantitative estimate of drug-likeness (QED) is 0.424. The molecular weight excluding hydrogens is 418 g/mol. The highest BCUT2D eigenvalue weighted by atomic mass is 16.3. The number of amides is 1. The first-order chi connectivity index (χ1) is 15.7. The number of rotatable bonds is 5. The highest BCUT2D eigenvalue weighted by Crippen LogP contribution is 2.32. The van der Waals surface area contributed by atoms with E-state index in [2.05, 4.69) is 10.3 Å². The monoisotopic (exact) mass is 443 g/mol. The average Bonchev–Trinajstić information content (AvgIpc) is 2.75. The number of aryl methyl sites for hydroxylation is 2. The van der Waals surface area contributed by atoms with Gasteiger partial charge >= 0.3 is 0 Å². The van der Waals surface area contributed by atoms with Gasteiger partial charge < -0.3 is 20.5 Å². The molecule has 0 spiro atoms. The number of anilines is 1. The van der Waals surface area contributed by atoms with Gasteiger partial charge in [0.1, 0.15) is 16.9 Å². The smallest absolute Gasteiger partial charge is 0.263 e. The van der Waals surface area contributed by atoms with Crippen LogP contribution in [-0.2, 0) is 0 Å². The van der Waals surface area contributed by atoms with E-state index < -0.39 is 17.5 Å². The molecule has 0 saturated carbocycles. The Bertz CT molecular complexity index is 1500. The summed E-state index contributed by atoms with van der Waals surface area (Å²) in [5.74, 6) is -0.316. The maximum atomic E-state index is 13.3. The van der Waals surface area contributed by atoms with Gasteiger partial charge in [0.2, 0.25) is 0 Å². The van der Waals surface area contributed by atoms with Crippen molar-refractivity contribution < 1.29 is 9.21 Å². The molecule has 0 saturated heterocycles. The number of nitrogens with one attached hydrogen (secondary N) is 2. The van der Waals surface area contributed by atoms with Crippen molar-refractivity contribution in [2.24, 2.45) is 5.73 Å². The number of carbonyl (C=O) groups is 1. The first-order valence-electron chi connectivity index (χ1n) is 10.6. The molecule has 2 aromatic carbocycles. The van der Waals surface area contributed by atoms with Crippen LogP contribution in [0.2, 0.25) is 0 Å². The molecule has 0 aliphatic heterocycles. The summed E-state index contributed by atoms with van der Waals surface area (Å²) in [6.07, 6.45) is 0. The fourth-order valence-corrected chi connectivity index (χ4v) is 4.11. The number of aromatic nitrogens is 1. The van der Waals surface area contributed by atoms with E-state index in [1.54, 1.807) is 19.9 Å². The van der Waals surface area contributed by atoms with Crippen molar-refractivity contribution >= 4 is 22.6 Å². The minimum atomic E-state index is -0.825. The van der Waals surface area contributed by atoms with Crippen LogP contribution in [0.5, 0.6) is 0 Å². The topological polar surface area (TPSA) is 118 Å². The number of aromatic amines is 1. The number of hydrogen-bond acceptors (Lipinski definition) is 5. The lowest BCUT2D eigenvalue weighted by molar-refractivity contribution is 0.0999. The van der Waals surface area contributed by atoms with E-state index in [1.807, 2.05) is 56.3 Å². The van der Waals surface area contributed by atoms with Crippen LogP contribution in [0, 0.1) is 20.8 Å². The van der Waals surface area contributed by atoms with Crippen LogP contribution >= 0.6 is 0 Å². The molecule has 0 radical (unpaired) electrons. The van der Waals surface area contributed by atoms with Crippen molar-refractivity contribution in [3.63, 3.8) is 0 Å². The fraction of sp³-hybridized carbons (Fsp3) is 0.192. The van der Waals surface area contributed by atoms with Gasteiger partial charge in [-0.25, -0.2) is 0 Å². The zero-order valence-corrected chi connectivity index (χ0v) is 18.9. The summed E-state index contributed by atoms with van der Waals surface area (Å²) < 4.78 is 6.33. The molecule has 4 aromatic rings. The molecule has 168 valence electrons. The van der Waals surface area contributed by atoms with Crippen LogP contribution < -0.4 is 22.0 Å². The second-order valence-corrected chi connectivity index (χ2v) is 8.28. The molecule has 4 N–H and O–H groups in total. The van der Waals surface area contributed by atoms with Gasteiger partial charge in [-0.05, 0) is 45.4 Å². The lowest BCUT2D eigenvalue weighted by Crippen LogP contribution is -2.27. The van der Waals surface area contributed by atoms with Crippen LogP contribution in [0.4, 0.5) is 5.69 Å². The maximum Gasteiger partial charge on any atom is 0.263 e. The second-order valence-electron chi connectivity index (χ2n) is 8.28. The minimum Gasteiger partial charge on any atom is -0.455 e. The van der Waals surface area contributed by atoms with E-state index in [9.17, 15) is 14.4 Å². The number of H-pyrrole nitrogens is 1. The Morgan fingerprint density at radius 1 is 1.06 bits per heavy atom. The van der Waals surface area contributed by atoms with Crippen molar-refractivity contribution in [1.82, 2.24) is 4.98 Å². The molecule has 7 nitrogen and oxygen atoms in total. The van der Waals surface area contributed by atoms with Gasteiger partial charge in [0.15, 0.2) is 5.43 Å². The third-order valence-electron chi connectivity index (χ3n) is 5.68. The summed E-state index contributed by atoms with van der Waals surface area (Å²) in [7, 11) is 0. The predicted molar refractivity (Wildman–Crippen MR) is 130 cm³/mol. The summed E-state index contributed by atoms with van der Waals surface area (Å²) >= 11 is 0. The molecule has 0 fully saturated rings. The maximum absolute atomic E-state index is 13.3. The van der Waals surface area contributed by atoms with Gasteiger partial charge in [0.25, 0.3) is 11.5 Å². The first kappa shape index (κ1) is 22.1. The van der Waals surface area contributed by atoms with Crippen LogP contribution in [0.3, 0.4) is 0 Å². The van der Waals surface area contributed by atoms with Crippen molar-refractivity contribution in [3.8, 4) is 11.3 Å². The molecule has 2 heterocycles. The molecular formula is C26H25N3O4. The Kier molecular flexibility index (Phi) is 5.64. The van der Waals surface area contributed by atoms with Crippen molar-refractivity contribution in [1.29, 1.82) is 0 Å². The van der Waals surface area contributed by atoms with Crippen molar-refractivity contribution in [3.05, 3.63) is 97.1 Å². The Morgan fingerprint density at radius 3 is 2.42 bits per heavy atom. The molecule has 0 aliphatic carbocycles. The van der Waals surface area contributed by atoms with Gasteiger partial charge in [-0.3, -0.25) is 14.4 Å². The van der Waals surface area contributed by atoms with Gasteiger partial charge in [0, 0.05) is 22.4 Å².